The molecule has 1 heterocycles. The zero-order chi connectivity index (χ0) is 10.7. The summed E-state index contributed by atoms with van der Waals surface area (Å²) in [6.07, 6.45) is 0. The standard InChI is InChI=1S/C11H10O4/c12-5-6-14-9-2-3-10-8(7-9)1-4-11(13)15-10/h1-4,7,12H,5-6H2. The minimum Gasteiger partial charge on any atom is -0.491 e. The summed E-state index contributed by atoms with van der Waals surface area (Å²) in [4.78, 5) is 10.9. The van der Waals surface area contributed by atoms with Crippen LogP contribution in [0.4, 0.5) is 0 Å². The van der Waals surface area contributed by atoms with Crippen LogP contribution < -0.4 is 10.4 Å². The van der Waals surface area contributed by atoms with Gasteiger partial charge in [-0.15, -0.1) is 0 Å². The van der Waals surface area contributed by atoms with E-state index in [1.807, 2.05) is 0 Å². The van der Waals surface area contributed by atoms with E-state index in [9.17, 15) is 4.79 Å². The summed E-state index contributed by atoms with van der Waals surface area (Å²) in [5.41, 5.74) is 0.158. The molecule has 0 amide bonds. The quantitative estimate of drug-likeness (QED) is 0.765. The zero-order valence-corrected chi connectivity index (χ0v) is 7.97. The van der Waals surface area contributed by atoms with E-state index in [1.54, 1.807) is 24.3 Å². The molecule has 15 heavy (non-hydrogen) atoms. The van der Waals surface area contributed by atoms with E-state index in [4.69, 9.17) is 14.3 Å². The lowest BCUT2D eigenvalue weighted by molar-refractivity contribution is 0.201. The number of ether oxygens (including phenoxy) is 1. The van der Waals surface area contributed by atoms with E-state index >= 15 is 0 Å². The average Bonchev–Trinajstić information content (AvgIpc) is 2.26. The van der Waals surface area contributed by atoms with Gasteiger partial charge >= 0.3 is 5.63 Å². The minimum atomic E-state index is -0.369. The topological polar surface area (TPSA) is 59.7 Å². The highest BCUT2D eigenvalue weighted by Gasteiger charge is 1.99. The van der Waals surface area contributed by atoms with E-state index in [2.05, 4.69) is 0 Å². The number of aliphatic hydroxyl groups is 1. The van der Waals surface area contributed by atoms with Crippen LogP contribution in [0.3, 0.4) is 0 Å². The molecule has 2 aromatic rings. The lowest BCUT2D eigenvalue weighted by Crippen LogP contribution is -2.01. The molecule has 2 rings (SSSR count). The number of aliphatic hydroxyl groups excluding tert-OH is 1. The predicted octanol–water partition coefficient (Wildman–Crippen LogP) is 1.16. The highest BCUT2D eigenvalue weighted by atomic mass is 16.5. The molecule has 1 aromatic carbocycles. The van der Waals surface area contributed by atoms with Crippen molar-refractivity contribution >= 4 is 11.0 Å². The molecule has 0 atom stereocenters. The van der Waals surface area contributed by atoms with Crippen LogP contribution in [0.25, 0.3) is 11.0 Å². The lowest BCUT2D eigenvalue weighted by Gasteiger charge is -2.04. The molecule has 0 aliphatic carbocycles. The Morgan fingerprint density at radius 1 is 1.27 bits per heavy atom. The van der Waals surface area contributed by atoms with Crippen molar-refractivity contribution in [3.63, 3.8) is 0 Å². The van der Waals surface area contributed by atoms with Crippen LogP contribution in [0.15, 0.2) is 39.5 Å². The largest absolute Gasteiger partial charge is 0.491 e. The van der Waals surface area contributed by atoms with E-state index < -0.39 is 0 Å². The number of fused-ring (bicyclic) bond motifs is 1. The smallest absolute Gasteiger partial charge is 0.336 e. The molecule has 0 radical (unpaired) electrons. The van der Waals surface area contributed by atoms with Gasteiger partial charge in [0.25, 0.3) is 0 Å². The Morgan fingerprint density at radius 2 is 2.13 bits per heavy atom. The molecule has 0 saturated heterocycles. The van der Waals surface area contributed by atoms with Crippen LogP contribution in [-0.2, 0) is 0 Å². The average molecular weight is 206 g/mol. The molecule has 0 saturated carbocycles. The predicted molar refractivity (Wildman–Crippen MR) is 55.1 cm³/mol. The van der Waals surface area contributed by atoms with Crippen molar-refractivity contribution in [3.8, 4) is 5.75 Å². The van der Waals surface area contributed by atoms with Gasteiger partial charge in [-0.05, 0) is 24.3 Å². The monoisotopic (exact) mass is 206 g/mol. The summed E-state index contributed by atoms with van der Waals surface area (Å²) < 4.78 is 10.2. The molecule has 78 valence electrons. The number of hydrogen-bond donors (Lipinski definition) is 1. The summed E-state index contributed by atoms with van der Waals surface area (Å²) in [7, 11) is 0. The molecule has 0 aliphatic rings. The second-order valence-electron chi connectivity index (χ2n) is 3.03. The Morgan fingerprint density at radius 3 is 2.93 bits per heavy atom. The highest BCUT2D eigenvalue weighted by molar-refractivity contribution is 5.77. The van der Waals surface area contributed by atoms with Crippen molar-refractivity contribution in [1.29, 1.82) is 0 Å². The van der Waals surface area contributed by atoms with E-state index in [0.29, 0.717) is 11.3 Å². The maximum Gasteiger partial charge on any atom is 0.336 e. The second-order valence-corrected chi connectivity index (χ2v) is 3.03. The molecular formula is C11H10O4. The van der Waals surface area contributed by atoms with Gasteiger partial charge in [-0.2, -0.15) is 0 Å². The third kappa shape index (κ3) is 2.16. The van der Waals surface area contributed by atoms with E-state index in [0.717, 1.165) is 5.39 Å². The van der Waals surface area contributed by atoms with Crippen molar-refractivity contribution in [2.45, 2.75) is 0 Å². The van der Waals surface area contributed by atoms with E-state index in [-0.39, 0.29) is 18.8 Å². The maximum absolute atomic E-state index is 10.9. The number of rotatable bonds is 3. The van der Waals surface area contributed by atoms with Crippen LogP contribution in [0.1, 0.15) is 0 Å². The summed E-state index contributed by atoms with van der Waals surface area (Å²) in [5.74, 6) is 0.644. The van der Waals surface area contributed by atoms with Crippen LogP contribution in [0, 0.1) is 0 Å². The van der Waals surface area contributed by atoms with Crippen molar-refractivity contribution in [3.05, 3.63) is 40.8 Å². The number of benzene rings is 1. The zero-order valence-electron chi connectivity index (χ0n) is 7.97. The first kappa shape index (κ1) is 9.73. The van der Waals surface area contributed by atoms with Crippen LogP contribution >= 0.6 is 0 Å². The summed E-state index contributed by atoms with van der Waals surface area (Å²) in [5, 5.41) is 9.39. The molecule has 0 bridgehead atoms. The fourth-order valence-electron chi connectivity index (χ4n) is 1.30. The summed E-state index contributed by atoms with van der Waals surface area (Å²) in [6.45, 7) is 0.226. The first-order valence-corrected chi connectivity index (χ1v) is 4.57. The first-order chi connectivity index (χ1) is 7.29. The molecule has 0 spiro atoms. The van der Waals surface area contributed by atoms with Crippen LogP contribution in [0.2, 0.25) is 0 Å². The van der Waals surface area contributed by atoms with Gasteiger partial charge in [0.05, 0.1) is 6.61 Å². The van der Waals surface area contributed by atoms with Crippen LogP contribution in [-0.4, -0.2) is 18.3 Å². The van der Waals surface area contributed by atoms with Gasteiger partial charge in [0.1, 0.15) is 17.9 Å². The molecule has 0 unspecified atom stereocenters. The fraction of sp³-hybridized carbons (Fsp3) is 0.182. The van der Waals surface area contributed by atoms with Gasteiger partial charge in [-0.1, -0.05) is 0 Å². The van der Waals surface area contributed by atoms with Gasteiger partial charge in [0.15, 0.2) is 0 Å². The van der Waals surface area contributed by atoms with Crippen molar-refractivity contribution in [2.75, 3.05) is 13.2 Å². The van der Waals surface area contributed by atoms with Crippen molar-refractivity contribution in [1.82, 2.24) is 0 Å². The Hall–Kier alpha value is -1.81. The molecule has 4 nitrogen and oxygen atoms in total. The van der Waals surface area contributed by atoms with Gasteiger partial charge < -0.3 is 14.3 Å². The SMILES string of the molecule is O=c1ccc2cc(OCCO)ccc2o1. The second kappa shape index (κ2) is 4.14. The van der Waals surface area contributed by atoms with E-state index in [1.165, 1.54) is 6.07 Å². The third-order valence-electron chi connectivity index (χ3n) is 1.95. The van der Waals surface area contributed by atoms with Crippen molar-refractivity contribution in [2.24, 2.45) is 0 Å². The Kier molecular flexibility index (Phi) is 2.69. The molecule has 4 heteroatoms. The van der Waals surface area contributed by atoms with Gasteiger partial charge in [-0.3, -0.25) is 0 Å². The highest BCUT2D eigenvalue weighted by Crippen LogP contribution is 2.19. The molecule has 0 fully saturated rings. The van der Waals surface area contributed by atoms with Gasteiger partial charge in [0.2, 0.25) is 0 Å². The minimum absolute atomic E-state index is 0.0259. The Bertz CT molecular complexity index is 515. The Balaban J connectivity index is 2.39. The third-order valence-corrected chi connectivity index (χ3v) is 1.95. The normalized spacial score (nSPS) is 10.5. The molecule has 1 aromatic heterocycles. The van der Waals surface area contributed by atoms with Crippen molar-refractivity contribution < 1.29 is 14.3 Å². The molecular weight excluding hydrogens is 196 g/mol. The van der Waals surface area contributed by atoms with Crippen LogP contribution in [0.5, 0.6) is 5.75 Å². The first-order valence-electron chi connectivity index (χ1n) is 4.57. The van der Waals surface area contributed by atoms with Gasteiger partial charge in [0, 0.05) is 11.5 Å². The molecule has 0 aliphatic heterocycles. The Labute approximate surface area is 85.7 Å². The van der Waals surface area contributed by atoms with Gasteiger partial charge in [-0.25, -0.2) is 4.79 Å². The number of hydrogen-bond acceptors (Lipinski definition) is 4. The lowest BCUT2D eigenvalue weighted by atomic mass is 10.2. The molecule has 1 N–H and O–H groups in total. The fourth-order valence-corrected chi connectivity index (χ4v) is 1.30. The summed E-state index contributed by atoms with van der Waals surface area (Å²) in [6, 6.07) is 8.16. The summed E-state index contributed by atoms with van der Waals surface area (Å²) >= 11 is 0. The maximum atomic E-state index is 10.9.